The van der Waals surface area contributed by atoms with Gasteiger partial charge in [0.25, 0.3) is 0 Å². The third-order valence-corrected chi connectivity index (χ3v) is 5.62. The van der Waals surface area contributed by atoms with Crippen LogP contribution in [0.2, 0.25) is 0 Å². The Labute approximate surface area is 179 Å². The van der Waals surface area contributed by atoms with Crippen LogP contribution in [-0.2, 0) is 12.6 Å². The monoisotopic (exact) mass is 517 g/mol. The summed E-state index contributed by atoms with van der Waals surface area (Å²) in [6.45, 7) is 5.43. The molecule has 10 heteroatoms. The van der Waals surface area contributed by atoms with Crippen LogP contribution < -0.4 is 10.6 Å². The van der Waals surface area contributed by atoms with Gasteiger partial charge in [-0.25, -0.2) is 4.98 Å². The third-order valence-electron chi connectivity index (χ3n) is 4.72. The van der Waals surface area contributed by atoms with E-state index < -0.39 is 11.9 Å². The molecule has 5 nitrogen and oxygen atoms in total. The van der Waals surface area contributed by atoms with Gasteiger partial charge in [-0.3, -0.25) is 4.99 Å². The molecule has 1 aliphatic heterocycles. The molecule has 1 saturated carbocycles. The molecule has 0 unspecified atom stereocenters. The van der Waals surface area contributed by atoms with Gasteiger partial charge in [0.05, 0.1) is 5.01 Å². The van der Waals surface area contributed by atoms with Gasteiger partial charge in [0.2, 0.25) is 0 Å². The largest absolute Gasteiger partial charge is 0.434 e. The zero-order valence-electron chi connectivity index (χ0n) is 15.4. The number of aliphatic imine (C=N–C) groups is 1. The Morgan fingerprint density at radius 1 is 1.30 bits per heavy atom. The molecule has 2 aliphatic rings. The van der Waals surface area contributed by atoms with E-state index in [1.807, 2.05) is 6.92 Å². The van der Waals surface area contributed by atoms with E-state index in [4.69, 9.17) is 0 Å². The highest BCUT2D eigenvalue weighted by Crippen LogP contribution is 2.30. The number of nitrogens with zero attached hydrogens (tertiary/aromatic N) is 3. The van der Waals surface area contributed by atoms with Gasteiger partial charge in [-0.1, -0.05) is 0 Å². The first kappa shape index (κ1) is 22.7. The van der Waals surface area contributed by atoms with Crippen molar-refractivity contribution in [3.05, 3.63) is 16.1 Å². The second-order valence-corrected chi connectivity index (χ2v) is 7.76. The molecule has 1 aromatic heterocycles. The van der Waals surface area contributed by atoms with Gasteiger partial charge in [0.1, 0.15) is 0 Å². The first-order valence-corrected chi connectivity index (χ1v) is 10.1. The maximum absolute atomic E-state index is 12.6. The number of hydrogen-bond donors (Lipinski definition) is 2. The molecule has 2 N–H and O–H groups in total. The van der Waals surface area contributed by atoms with Crippen LogP contribution in [0, 0.1) is 0 Å². The molecule has 154 valence electrons. The number of piperidine rings is 1. The molecular weight excluding hydrogens is 490 g/mol. The fraction of sp³-hybridized carbons (Fsp3) is 0.765. The summed E-state index contributed by atoms with van der Waals surface area (Å²) < 4.78 is 37.8. The molecule has 0 aromatic carbocycles. The zero-order chi connectivity index (χ0) is 18.6. The number of rotatable bonds is 6. The second kappa shape index (κ2) is 10.2. The van der Waals surface area contributed by atoms with Gasteiger partial charge < -0.3 is 15.5 Å². The number of likely N-dealkylation sites (tertiary alicyclic amines) is 1. The Morgan fingerprint density at radius 3 is 2.56 bits per heavy atom. The van der Waals surface area contributed by atoms with Gasteiger partial charge in [-0.2, -0.15) is 13.2 Å². The summed E-state index contributed by atoms with van der Waals surface area (Å²) in [5.74, 6) is 0.741. The first-order chi connectivity index (χ1) is 12.5. The molecule has 0 atom stereocenters. The van der Waals surface area contributed by atoms with E-state index >= 15 is 0 Å². The van der Waals surface area contributed by atoms with Crippen LogP contribution in [0.25, 0.3) is 0 Å². The fourth-order valence-corrected chi connectivity index (χ4v) is 3.98. The lowest BCUT2D eigenvalue weighted by atomic mass is 10.1. The number of alkyl halides is 3. The van der Waals surface area contributed by atoms with E-state index in [1.165, 1.54) is 12.8 Å². The minimum absolute atomic E-state index is 0. The van der Waals surface area contributed by atoms with Crippen molar-refractivity contribution in [3.8, 4) is 0 Å². The maximum atomic E-state index is 12.6. The first-order valence-electron chi connectivity index (χ1n) is 9.26. The Bertz CT molecular complexity index is 610. The van der Waals surface area contributed by atoms with Crippen LogP contribution >= 0.6 is 35.3 Å². The van der Waals surface area contributed by atoms with Crippen LogP contribution in [0.15, 0.2) is 10.4 Å². The summed E-state index contributed by atoms with van der Waals surface area (Å²) in [5, 5.41) is 8.22. The molecule has 27 heavy (non-hydrogen) atoms. The van der Waals surface area contributed by atoms with E-state index in [1.54, 1.807) is 0 Å². The quantitative estimate of drug-likeness (QED) is 0.345. The summed E-state index contributed by atoms with van der Waals surface area (Å²) in [4.78, 5) is 10.7. The molecule has 0 spiro atoms. The van der Waals surface area contributed by atoms with Crippen molar-refractivity contribution in [2.45, 2.75) is 57.3 Å². The smallest absolute Gasteiger partial charge is 0.357 e. The molecule has 2 fully saturated rings. The normalized spacial score (nSPS) is 19.6. The van der Waals surface area contributed by atoms with Crippen LogP contribution in [-0.4, -0.2) is 54.1 Å². The highest BCUT2D eigenvalue weighted by Gasteiger charge is 2.33. The number of nitrogens with one attached hydrogen (secondary N) is 2. The lowest BCUT2D eigenvalue weighted by molar-refractivity contribution is -0.140. The van der Waals surface area contributed by atoms with Gasteiger partial charge in [-0.15, -0.1) is 35.3 Å². The van der Waals surface area contributed by atoms with Crippen LogP contribution in [0.4, 0.5) is 13.2 Å². The molecule has 0 bridgehead atoms. The van der Waals surface area contributed by atoms with Gasteiger partial charge in [0, 0.05) is 50.1 Å². The molecule has 1 aromatic rings. The number of halogens is 4. The molecule has 1 saturated heterocycles. The number of guanidine groups is 1. The molecule has 3 rings (SSSR count). The summed E-state index contributed by atoms with van der Waals surface area (Å²) in [6.07, 6.45) is 0.927. The van der Waals surface area contributed by atoms with Crippen molar-refractivity contribution in [3.63, 3.8) is 0 Å². The van der Waals surface area contributed by atoms with Gasteiger partial charge in [-0.05, 0) is 32.6 Å². The zero-order valence-corrected chi connectivity index (χ0v) is 18.5. The lowest BCUT2D eigenvalue weighted by Gasteiger charge is -2.33. The average molecular weight is 517 g/mol. The van der Waals surface area contributed by atoms with Crippen molar-refractivity contribution < 1.29 is 13.2 Å². The summed E-state index contributed by atoms with van der Waals surface area (Å²) in [6, 6.07) is 1.22. The van der Waals surface area contributed by atoms with Crippen LogP contribution in [0.1, 0.15) is 43.3 Å². The molecule has 2 heterocycles. The minimum atomic E-state index is -4.37. The van der Waals surface area contributed by atoms with Crippen molar-refractivity contribution in [1.29, 1.82) is 0 Å². The molecular formula is C17H27F3IN5S. The number of aromatic nitrogens is 1. The van der Waals surface area contributed by atoms with Crippen molar-refractivity contribution in [2.24, 2.45) is 4.99 Å². The highest BCUT2D eigenvalue weighted by molar-refractivity contribution is 14.0. The Morgan fingerprint density at radius 2 is 2.00 bits per heavy atom. The lowest BCUT2D eigenvalue weighted by Crippen LogP contribution is -2.49. The topological polar surface area (TPSA) is 52.6 Å². The summed E-state index contributed by atoms with van der Waals surface area (Å²) >= 11 is 1.04. The van der Waals surface area contributed by atoms with E-state index in [0.29, 0.717) is 24.0 Å². The molecule has 0 radical (unpaired) electrons. The SMILES string of the molecule is CCNC(=NCCc1nc(C(F)(F)F)cs1)NC1CCN(C2CC2)CC1.I. The Balaban J connectivity index is 0.00000261. The van der Waals surface area contributed by atoms with E-state index in [2.05, 4.69) is 25.5 Å². The van der Waals surface area contributed by atoms with E-state index in [0.717, 1.165) is 61.2 Å². The van der Waals surface area contributed by atoms with Crippen molar-refractivity contribution in [2.75, 3.05) is 26.2 Å². The van der Waals surface area contributed by atoms with E-state index in [9.17, 15) is 13.2 Å². The van der Waals surface area contributed by atoms with E-state index in [-0.39, 0.29) is 24.0 Å². The maximum Gasteiger partial charge on any atom is 0.434 e. The predicted molar refractivity (Wildman–Crippen MR) is 113 cm³/mol. The number of hydrogen-bond acceptors (Lipinski definition) is 4. The predicted octanol–water partition coefficient (Wildman–Crippen LogP) is 3.50. The van der Waals surface area contributed by atoms with Crippen LogP contribution in [0.5, 0.6) is 0 Å². The summed E-state index contributed by atoms with van der Waals surface area (Å²) in [7, 11) is 0. The molecule has 1 aliphatic carbocycles. The standard InChI is InChI=1S/C17H26F3N5S.HI/c1-2-21-16(23-12-6-9-25(10-7-12)13-3-4-13)22-8-5-15-24-14(11-26-15)17(18,19)20;/h11-13H,2-10H2,1H3,(H2,21,22,23);1H. The van der Waals surface area contributed by atoms with Crippen molar-refractivity contribution in [1.82, 2.24) is 20.5 Å². The Kier molecular flexibility index (Phi) is 8.60. The highest BCUT2D eigenvalue weighted by atomic mass is 127. The second-order valence-electron chi connectivity index (χ2n) is 6.82. The third kappa shape index (κ3) is 7.04. The minimum Gasteiger partial charge on any atom is -0.357 e. The Hall–Kier alpha value is -0.620. The summed E-state index contributed by atoms with van der Waals surface area (Å²) in [5.41, 5.74) is -0.811. The fourth-order valence-electron chi connectivity index (χ4n) is 3.18. The van der Waals surface area contributed by atoms with Crippen molar-refractivity contribution >= 4 is 41.3 Å². The number of thiazole rings is 1. The average Bonchev–Trinajstić information content (AvgIpc) is 3.33. The van der Waals surface area contributed by atoms with Gasteiger partial charge >= 0.3 is 6.18 Å². The van der Waals surface area contributed by atoms with Crippen LogP contribution in [0.3, 0.4) is 0 Å². The molecule has 0 amide bonds. The van der Waals surface area contributed by atoms with Gasteiger partial charge in [0.15, 0.2) is 11.7 Å².